The lowest BCUT2D eigenvalue weighted by atomic mass is 10.1. The third kappa shape index (κ3) is 4.88. The summed E-state index contributed by atoms with van der Waals surface area (Å²) in [4.78, 5) is 0. The Morgan fingerprint density at radius 2 is 1.92 bits per heavy atom. The second kappa shape index (κ2) is 6.89. The lowest BCUT2D eigenvalue weighted by Gasteiger charge is -2.08. The topological polar surface area (TPSA) is 32.3 Å². The first kappa shape index (κ1) is 12.4. The van der Waals surface area contributed by atoms with Crippen molar-refractivity contribution < 1.29 is 5.11 Å². The van der Waals surface area contributed by atoms with Crippen LogP contribution in [-0.4, -0.2) is 24.8 Å². The van der Waals surface area contributed by atoms with Crippen LogP contribution in [0.4, 0.5) is 0 Å². The number of benzene rings is 1. The van der Waals surface area contributed by atoms with Gasteiger partial charge in [-0.15, -0.1) is 12.4 Å². The molecular weight excluding hydrogens is 186 g/mol. The van der Waals surface area contributed by atoms with Gasteiger partial charge in [0.2, 0.25) is 0 Å². The van der Waals surface area contributed by atoms with Crippen LogP contribution in [0.5, 0.6) is 0 Å². The normalized spacial score (nSPS) is 11.8. The Balaban J connectivity index is 0.00000144. The number of hydrogen-bond acceptors (Lipinski definition) is 2. The SMILES string of the molecule is CNCC(O)Cc1ccccc1.Cl. The molecule has 1 atom stereocenters. The van der Waals surface area contributed by atoms with Crippen molar-refractivity contribution in [3.63, 3.8) is 0 Å². The lowest BCUT2D eigenvalue weighted by molar-refractivity contribution is 0.175. The molecule has 0 heterocycles. The highest BCUT2D eigenvalue weighted by molar-refractivity contribution is 5.85. The minimum Gasteiger partial charge on any atom is -0.391 e. The molecular formula is C10H16ClNO. The molecule has 1 aromatic carbocycles. The summed E-state index contributed by atoms with van der Waals surface area (Å²) in [7, 11) is 1.84. The zero-order chi connectivity index (χ0) is 8.81. The molecule has 0 saturated carbocycles. The summed E-state index contributed by atoms with van der Waals surface area (Å²) in [5.74, 6) is 0. The van der Waals surface area contributed by atoms with Crippen molar-refractivity contribution in [2.45, 2.75) is 12.5 Å². The third-order valence-electron chi connectivity index (χ3n) is 1.75. The summed E-state index contributed by atoms with van der Waals surface area (Å²) in [5.41, 5.74) is 1.18. The van der Waals surface area contributed by atoms with E-state index in [4.69, 9.17) is 0 Å². The van der Waals surface area contributed by atoms with Gasteiger partial charge in [-0.05, 0) is 19.0 Å². The van der Waals surface area contributed by atoms with E-state index in [1.54, 1.807) is 0 Å². The van der Waals surface area contributed by atoms with Crippen LogP contribution in [0.1, 0.15) is 5.56 Å². The molecule has 2 N–H and O–H groups in total. The van der Waals surface area contributed by atoms with Gasteiger partial charge in [-0.3, -0.25) is 0 Å². The van der Waals surface area contributed by atoms with Crippen molar-refractivity contribution in [3.8, 4) is 0 Å². The molecule has 1 rings (SSSR count). The highest BCUT2D eigenvalue weighted by Crippen LogP contribution is 2.01. The Morgan fingerprint density at radius 1 is 1.31 bits per heavy atom. The fraction of sp³-hybridized carbons (Fsp3) is 0.400. The Morgan fingerprint density at radius 3 is 2.46 bits per heavy atom. The van der Waals surface area contributed by atoms with Crippen LogP contribution in [0, 0.1) is 0 Å². The molecule has 2 nitrogen and oxygen atoms in total. The van der Waals surface area contributed by atoms with E-state index in [0.29, 0.717) is 6.54 Å². The standard InChI is InChI=1S/C10H15NO.ClH/c1-11-8-10(12)7-9-5-3-2-4-6-9;/h2-6,10-12H,7-8H2,1H3;1H. The van der Waals surface area contributed by atoms with E-state index in [9.17, 15) is 5.11 Å². The molecule has 13 heavy (non-hydrogen) atoms. The average molecular weight is 202 g/mol. The molecule has 3 heteroatoms. The summed E-state index contributed by atoms with van der Waals surface area (Å²) in [6, 6.07) is 10.0. The van der Waals surface area contributed by atoms with E-state index in [2.05, 4.69) is 5.32 Å². The number of rotatable bonds is 4. The Kier molecular flexibility index (Phi) is 6.59. The Bertz CT molecular complexity index is 215. The van der Waals surface area contributed by atoms with E-state index in [-0.39, 0.29) is 18.5 Å². The summed E-state index contributed by atoms with van der Waals surface area (Å²) in [6.45, 7) is 0.648. The first-order valence-corrected chi connectivity index (χ1v) is 4.19. The van der Waals surface area contributed by atoms with Gasteiger partial charge in [0.15, 0.2) is 0 Å². The zero-order valence-electron chi connectivity index (χ0n) is 7.73. The van der Waals surface area contributed by atoms with Crippen molar-refractivity contribution in [2.24, 2.45) is 0 Å². The molecule has 1 aromatic rings. The van der Waals surface area contributed by atoms with Gasteiger partial charge in [-0.2, -0.15) is 0 Å². The number of likely N-dealkylation sites (N-methyl/N-ethyl adjacent to an activating group) is 1. The molecule has 0 bridgehead atoms. The molecule has 0 aliphatic heterocycles. The molecule has 0 spiro atoms. The molecule has 74 valence electrons. The Hall–Kier alpha value is -0.570. The number of hydrogen-bond donors (Lipinski definition) is 2. The maximum Gasteiger partial charge on any atom is 0.0704 e. The molecule has 0 saturated heterocycles. The molecule has 0 aromatic heterocycles. The van der Waals surface area contributed by atoms with E-state index in [1.807, 2.05) is 37.4 Å². The monoisotopic (exact) mass is 201 g/mol. The first-order valence-electron chi connectivity index (χ1n) is 4.19. The average Bonchev–Trinajstić information content (AvgIpc) is 2.06. The van der Waals surface area contributed by atoms with Gasteiger partial charge in [0, 0.05) is 6.54 Å². The number of halogens is 1. The van der Waals surface area contributed by atoms with Crippen molar-refractivity contribution in [2.75, 3.05) is 13.6 Å². The predicted molar refractivity (Wildman–Crippen MR) is 57.3 cm³/mol. The number of aliphatic hydroxyl groups is 1. The molecule has 0 fully saturated rings. The molecule has 0 aliphatic carbocycles. The summed E-state index contributed by atoms with van der Waals surface area (Å²) in [5, 5.41) is 12.4. The zero-order valence-corrected chi connectivity index (χ0v) is 8.55. The number of aliphatic hydroxyl groups excluding tert-OH is 1. The third-order valence-corrected chi connectivity index (χ3v) is 1.75. The van der Waals surface area contributed by atoms with Crippen LogP contribution in [0.25, 0.3) is 0 Å². The van der Waals surface area contributed by atoms with Gasteiger partial charge in [-0.25, -0.2) is 0 Å². The van der Waals surface area contributed by atoms with Crippen molar-refractivity contribution in [3.05, 3.63) is 35.9 Å². The Labute approximate surface area is 85.4 Å². The first-order chi connectivity index (χ1) is 5.83. The van der Waals surface area contributed by atoms with Crippen LogP contribution >= 0.6 is 12.4 Å². The van der Waals surface area contributed by atoms with E-state index < -0.39 is 0 Å². The van der Waals surface area contributed by atoms with Gasteiger partial charge < -0.3 is 10.4 Å². The van der Waals surface area contributed by atoms with E-state index >= 15 is 0 Å². The van der Waals surface area contributed by atoms with Gasteiger partial charge in [0.25, 0.3) is 0 Å². The minimum atomic E-state index is -0.280. The van der Waals surface area contributed by atoms with Gasteiger partial charge in [0.1, 0.15) is 0 Å². The van der Waals surface area contributed by atoms with Crippen LogP contribution in [0.3, 0.4) is 0 Å². The fourth-order valence-corrected chi connectivity index (χ4v) is 1.19. The van der Waals surface area contributed by atoms with Gasteiger partial charge in [-0.1, -0.05) is 30.3 Å². The highest BCUT2D eigenvalue weighted by atomic mass is 35.5. The molecule has 0 aliphatic rings. The molecule has 0 amide bonds. The largest absolute Gasteiger partial charge is 0.391 e. The van der Waals surface area contributed by atoms with Gasteiger partial charge >= 0.3 is 0 Å². The lowest BCUT2D eigenvalue weighted by Crippen LogP contribution is -2.25. The maximum atomic E-state index is 9.44. The quantitative estimate of drug-likeness (QED) is 0.768. The van der Waals surface area contributed by atoms with Crippen molar-refractivity contribution >= 4 is 12.4 Å². The van der Waals surface area contributed by atoms with Crippen LogP contribution < -0.4 is 5.32 Å². The van der Waals surface area contributed by atoms with E-state index in [0.717, 1.165) is 6.42 Å². The van der Waals surface area contributed by atoms with Crippen LogP contribution in [0.15, 0.2) is 30.3 Å². The molecule has 0 radical (unpaired) electrons. The van der Waals surface area contributed by atoms with Gasteiger partial charge in [0.05, 0.1) is 6.10 Å². The molecule has 1 unspecified atom stereocenters. The van der Waals surface area contributed by atoms with Crippen molar-refractivity contribution in [1.82, 2.24) is 5.32 Å². The summed E-state index contributed by atoms with van der Waals surface area (Å²) in [6.07, 6.45) is 0.444. The van der Waals surface area contributed by atoms with Crippen LogP contribution in [-0.2, 0) is 6.42 Å². The van der Waals surface area contributed by atoms with E-state index in [1.165, 1.54) is 5.56 Å². The summed E-state index contributed by atoms with van der Waals surface area (Å²) >= 11 is 0. The predicted octanol–water partition coefficient (Wildman–Crippen LogP) is 1.23. The van der Waals surface area contributed by atoms with Crippen molar-refractivity contribution in [1.29, 1.82) is 0 Å². The maximum absolute atomic E-state index is 9.44. The second-order valence-corrected chi connectivity index (χ2v) is 2.90. The number of nitrogens with one attached hydrogen (secondary N) is 1. The second-order valence-electron chi connectivity index (χ2n) is 2.90. The minimum absolute atomic E-state index is 0. The highest BCUT2D eigenvalue weighted by Gasteiger charge is 2.02. The smallest absolute Gasteiger partial charge is 0.0704 e. The summed E-state index contributed by atoms with van der Waals surface area (Å²) < 4.78 is 0. The van der Waals surface area contributed by atoms with Crippen LogP contribution in [0.2, 0.25) is 0 Å². The fourth-order valence-electron chi connectivity index (χ4n) is 1.19.